The number of methoxy groups -OCH3 is 1. The van der Waals surface area contributed by atoms with Crippen LogP contribution in [0.15, 0.2) is 12.3 Å². The smallest absolute Gasteiger partial charge is 0.141 e. The average Bonchev–Trinajstić information content (AvgIpc) is 2.20. The van der Waals surface area contributed by atoms with Crippen LogP contribution >= 0.6 is 0 Å². The maximum atomic E-state index is 12.8. The van der Waals surface area contributed by atoms with E-state index in [0.29, 0.717) is 24.5 Å². The molecular weight excluding hydrogens is 185 g/mol. The van der Waals surface area contributed by atoms with Crippen LogP contribution in [0.3, 0.4) is 0 Å². The number of hydrogen-bond acceptors (Lipinski definition) is 4. The number of ether oxygens (including phenoxy) is 1. The topological polar surface area (TPSA) is 60.2 Å². The highest BCUT2D eigenvalue weighted by molar-refractivity contribution is 5.43. The van der Waals surface area contributed by atoms with E-state index in [4.69, 9.17) is 10.5 Å². The Bertz CT molecular complexity index is 293. The molecule has 0 saturated carbocycles. The molecule has 0 aliphatic rings. The van der Waals surface area contributed by atoms with E-state index in [9.17, 15) is 4.39 Å². The van der Waals surface area contributed by atoms with Crippen LogP contribution in [-0.2, 0) is 11.3 Å². The third-order valence-corrected chi connectivity index (χ3v) is 1.75. The Kier molecular flexibility index (Phi) is 4.28. The molecule has 0 aliphatic heterocycles. The molecule has 0 aromatic carbocycles. The van der Waals surface area contributed by atoms with Gasteiger partial charge in [-0.1, -0.05) is 0 Å². The van der Waals surface area contributed by atoms with Crippen molar-refractivity contribution >= 4 is 5.82 Å². The van der Waals surface area contributed by atoms with Crippen LogP contribution < -0.4 is 11.1 Å². The van der Waals surface area contributed by atoms with Crippen LogP contribution in [0.1, 0.15) is 5.56 Å². The van der Waals surface area contributed by atoms with Gasteiger partial charge in [0.25, 0.3) is 0 Å². The van der Waals surface area contributed by atoms with Crippen molar-refractivity contribution in [1.82, 2.24) is 4.98 Å². The summed E-state index contributed by atoms with van der Waals surface area (Å²) >= 11 is 0. The van der Waals surface area contributed by atoms with Crippen LogP contribution in [0.25, 0.3) is 0 Å². The lowest BCUT2D eigenvalue weighted by atomic mass is 10.2. The number of nitrogens with one attached hydrogen (secondary N) is 1. The molecule has 4 nitrogen and oxygen atoms in total. The average molecular weight is 199 g/mol. The maximum Gasteiger partial charge on any atom is 0.141 e. The summed E-state index contributed by atoms with van der Waals surface area (Å²) in [6.45, 7) is 1.46. The molecule has 1 aromatic heterocycles. The fourth-order valence-corrected chi connectivity index (χ4v) is 1.07. The number of pyridine rings is 1. The highest BCUT2D eigenvalue weighted by Gasteiger charge is 2.03. The van der Waals surface area contributed by atoms with E-state index < -0.39 is 0 Å². The Labute approximate surface area is 82.3 Å². The first-order chi connectivity index (χ1) is 6.77. The number of rotatable bonds is 5. The molecule has 0 unspecified atom stereocenters. The molecule has 0 atom stereocenters. The normalized spacial score (nSPS) is 10.2. The molecule has 1 rings (SSSR count). The third-order valence-electron chi connectivity index (χ3n) is 1.75. The number of nitrogens with zero attached hydrogens (tertiary/aromatic N) is 1. The molecule has 0 bridgehead atoms. The second-order valence-electron chi connectivity index (χ2n) is 2.78. The highest BCUT2D eigenvalue weighted by Crippen LogP contribution is 2.12. The number of halogens is 1. The van der Waals surface area contributed by atoms with E-state index >= 15 is 0 Å². The van der Waals surface area contributed by atoms with Crippen LogP contribution in [0.2, 0.25) is 0 Å². The third kappa shape index (κ3) is 2.93. The van der Waals surface area contributed by atoms with Crippen LogP contribution in [-0.4, -0.2) is 25.2 Å². The zero-order valence-corrected chi connectivity index (χ0v) is 8.09. The van der Waals surface area contributed by atoms with E-state index in [1.165, 1.54) is 6.07 Å². The van der Waals surface area contributed by atoms with Gasteiger partial charge in [0, 0.05) is 25.8 Å². The van der Waals surface area contributed by atoms with Gasteiger partial charge in [-0.05, 0) is 6.07 Å². The van der Waals surface area contributed by atoms with E-state index in [1.807, 2.05) is 0 Å². The lowest BCUT2D eigenvalue weighted by molar-refractivity contribution is 0.210. The predicted octanol–water partition coefficient (Wildman–Crippen LogP) is 0.738. The van der Waals surface area contributed by atoms with Crippen molar-refractivity contribution in [3.63, 3.8) is 0 Å². The summed E-state index contributed by atoms with van der Waals surface area (Å²) < 4.78 is 17.6. The van der Waals surface area contributed by atoms with Crippen molar-refractivity contribution in [3.05, 3.63) is 23.6 Å². The highest BCUT2D eigenvalue weighted by atomic mass is 19.1. The van der Waals surface area contributed by atoms with Crippen molar-refractivity contribution < 1.29 is 9.13 Å². The van der Waals surface area contributed by atoms with E-state index in [0.717, 1.165) is 6.20 Å². The van der Waals surface area contributed by atoms with Crippen molar-refractivity contribution in [3.8, 4) is 0 Å². The molecule has 0 spiro atoms. The monoisotopic (exact) mass is 199 g/mol. The zero-order chi connectivity index (χ0) is 10.4. The van der Waals surface area contributed by atoms with Gasteiger partial charge in [-0.25, -0.2) is 9.37 Å². The lowest BCUT2D eigenvalue weighted by Gasteiger charge is -2.08. The molecule has 5 heteroatoms. The summed E-state index contributed by atoms with van der Waals surface area (Å²) in [6.07, 6.45) is 1.16. The molecule has 0 saturated heterocycles. The van der Waals surface area contributed by atoms with Crippen molar-refractivity contribution in [2.45, 2.75) is 6.54 Å². The summed E-state index contributed by atoms with van der Waals surface area (Å²) in [5.41, 5.74) is 6.11. The quantitative estimate of drug-likeness (QED) is 0.686. The summed E-state index contributed by atoms with van der Waals surface area (Å²) in [6, 6.07) is 1.38. The van der Waals surface area contributed by atoms with Gasteiger partial charge in [0.1, 0.15) is 11.6 Å². The first-order valence-electron chi connectivity index (χ1n) is 4.35. The number of nitrogens with two attached hydrogens (primary N) is 1. The number of aromatic nitrogens is 1. The Morgan fingerprint density at radius 1 is 1.64 bits per heavy atom. The van der Waals surface area contributed by atoms with Gasteiger partial charge < -0.3 is 15.8 Å². The first-order valence-corrected chi connectivity index (χ1v) is 4.35. The standard InChI is InChI=1S/C9H14FN3O/c1-14-3-2-12-9-7(5-11)4-8(10)6-13-9/h4,6H,2-3,5,11H2,1H3,(H,12,13). The van der Waals surface area contributed by atoms with Gasteiger partial charge >= 0.3 is 0 Å². The minimum Gasteiger partial charge on any atom is -0.383 e. The summed E-state index contributed by atoms with van der Waals surface area (Å²) in [7, 11) is 1.61. The minimum absolute atomic E-state index is 0.264. The fraction of sp³-hybridized carbons (Fsp3) is 0.444. The largest absolute Gasteiger partial charge is 0.383 e. The van der Waals surface area contributed by atoms with Crippen LogP contribution in [0, 0.1) is 5.82 Å². The molecule has 0 fully saturated rings. The van der Waals surface area contributed by atoms with E-state index in [-0.39, 0.29) is 12.4 Å². The van der Waals surface area contributed by atoms with E-state index in [1.54, 1.807) is 7.11 Å². The SMILES string of the molecule is COCCNc1ncc(F)cc1CN. The minimum atomic E-state index is -0.372. The molecule has 3 N–H and O–H groups in total. The van der Waals surface area contributed by atoms with Gasteiger partial charge in [0.05, 0.1) is 12.8 Å². The first kappa shape index (κ1) is 10.9. The zero-order valence-electron chi connectivity index (χ0n) is 8.09. The summed E-state index contributed by atoms with van der Waals surface area (Å²) in [4.78, 5) is 3.90. The Balaban J connectivity index is 2.65. The Hall–Kier alpha value is -1.20. The number of anilines is 1. The van der Waals surface area contributed by atoms with Crippen LogP contribution in [0.5, 0.6) is 0 Å². The van der Waals surface area contributed by atoms with Crippen molar-refractivity contribution in [1.29, 1.82) is 0 Å². The van der Waals surface area contributed by atoms with Gasteiger partial charge in [-0.15, -0.1) is 0 Å². The predicted molar refractivity (Wildman–Crippen MR) is 52.5 cm³/mol. The molecule has 0 aliphatic carbocycles. The molecule has 0 radical (unpaired) electrons. The van der Waals surface area contributed by atoms with E-state index in [2.05, 4.69) is 10.3 Å². The molecule has 78 valence electrons. The second-order valence-corrected chi connectivity index (χ2v) is 2.78. The molecule has 14 heavy (non-hydrogen) atoms. The van der Waals surface area contributed by atoms with Crippen LogP contribution in [0.4, 0.5) is 10.2 Å². The summed E-state index contributed by atoms with van der Waals surface area (Å²) in [5, 5.41) is 3.01. The Morgan fingerprint density at radius 2 is 2.43 bits per heavy atom. The molecule has 0 amide bonds. The maximum absolute atomic E-state index is 12.8. The summed E-state index contributed by atoms with van der Waals surface area (Å²) in [5.74, 6) is 0.244. The van der Waals surface area contributed by atoms with Crippen molar-refractivity contribution in [2.24, 2.45) is 5.73 Å². The Morgan fingerprint density at radius 3 is 3.07 bits per heavy atom. The van der Waals surface area contributed by atoms with Gasteiger partial charge in [0.2, 0.25) is 0 Å². The lowest BCUT2D eigenvalue weighted by Crippen LogP contribution is -2.12. The number of hydrogen-bond donors (Lipinski definition) is 2. The van der Waals surface area contributed by atoms with Gasteiger partial charge in [-0.3, -0.25) is 0 Å². The van der Waals surface area contributed by atoms with Gasteiger partial charge in [0.15, 0.2) is 0 Å². The second kappa shape index (κ2) is 5.51. The van der Waals surface area contributed by atoms with Gasteiger partial charge in [-0.2, -0.15) is 0 Å². The molecule has 1 aromatic rings. The fourth-order valence-electron chi connectivity index (χ4n) is 1.07. The molecular formula is C9H14FN3O. The van der Waals surface area contributed by atoms with Crippen molar-refractivity contribution in [2.75, 3.05) is 25.6 Å². The molecule has 1 heterocycles.